The van der Waals surface area contributed by atoms with Gasteiger partial charge in [0.1, 0.15) is 10.7 Å². The fraction of sp³-hybridized carbons (Fsp3) is 0. The Balaban J connectivity index is 2.36. The second-order valence-corrected chi connectivity index (χ2v) is 3.97. The summed E-state index contributed by atoms with van der Waals surface area (Å²) in [5.74, 6) is 0. The number of nitrogen functional groups attached to an aromatic ring is 1. The molecule has 4 N–H and O–H groups in total. The molecule has 1 amide bonds. The van der Waals surface area contributed by atoms with E-state index in [4.69, 9.17) is 11.5 Å². The summed E-state index contributed by atoms with van der Waals surface area (Å²) < 4.78 is 4.66. The third-order valence-electron chi connectivity index (χ3n) is 1.87. The van der Waals surface area contributed by atoms with Gasteiger partial charge in [-0.05, 0) is 0 Å². The molecule has 1 heterocycles. The van der Waals surface area contributed by atoms with Gasteiger partial charge in [0.25, 0.3) is 5.19 Å². The van der Waals surface area contributed by atoms with Crippen LogP contribution in [-0.2, 0) is 0 Å². The molecule has 6 heteroatoms. The molecular formula is C10H9N3O2S. The number of thiazole rings is 1. The van der Waals surface area contributed by atoms with Gasteiger partial charge < -0.3 is 16.2 Å². The quantitative estimate of drug-likeness (QED) is 0.830. The molecule has 2 rings (SSSR count). The van der Waals surface area contributed by atoms with Gasteiger partial charge in [-0.2, -0.15) is 0 Å². The van der Waals surface area contributed by atoms with Gasteiger partial charge in [0.2, 0.25) is 0 Å². The molecular weight excluding hydrogens is 226 g/mol. The summed E-state index contributed by atoms with van der Waals surface area (Å²) in [5.41, 5.74) is 12.1. The number of rotatable bonds is 2. The largest absolute Gasteiger partial charge is 0.411 e. The Labute approximate surface area is 95.7 Å². The van der Waals surface area contributed by atoms with Crippen LogP contribution in [0.2, 0.25) is 0 Å². The second-order valence-electron chi connectivity index (χ2n) is 2.98. The van der Waals surface area contributed by atoms with E-state index in [1.54, 1.807) is 0 Å². The molecule has 1 aromatic carbocycles. The van der Waals surface area contributed by atoms with Crippen LogP contribution in [0.25, 0.3) is 11.3 Å². The number of ether oxygens (including phenoxy) is 1. The average molecular weight is 235 g/mol. The van der Waals surface area contributed by atoms with E-state index in [-0.39, 0.29) is 5.19 Å². The predicted molar refractivity (Wildman–Crippen MR) is 62.2 cm³/mol. The Morgan fingerprint density at radius 3 is 2.62 bits per heavy atom. The summed E-state index contributed by atoms with van der Waals surface area (Å²) in [4.78, 5) is 14.6. The normalized spacial score (nSPS) is 10.0. The molecule has 0 bridgehead atoms. The van der Waals surface area contributed by atoms with Crippen molar-refractivity contribution >= 4 is 22.4 Å². The zero-order valence-corrected chi connectivity index (χ0v) is 9.03. The van der Waals surface area contributed by atoms with Crippen molar-refractivity contribution in [1.82, 2.24) is 4.98 Å². The zero-order chi connectivity index (χ0) is 11.5. The highest BCUT2D eigenvalue weighted by atomic mass is 32.1. The third kappa shape index (κ3) is 2.12. The highest BCUT2D eigenvalue weighted by Gasteiger charge is 2.12. The van der Waals surface area contributed by atoms with E-state index in [1.165, 1.54) is 0 Å². The monoisotopic (exact) mass is 235 g/mol. The van der Waals surface area contributed by atoms with Gasteiger partial charge >= 0.3 is 6.09 Å². The Bertz CT molecular complexity index is 510. The van der Waals surface area contributed by atoms with Crippen LogP contribution in [0.5, 0.6) is 5.19 Å². The number of primary amides is 1. The molecule has 2 aromatic rings. The van der Waals surface area contributed by atoms with Crippen LogP contribution < -0.4 is 16.2 Å². The molecule has 0 aliphatic carbocycles. The van der Waals surface area contributed by atoms with Crippen LogP contribution in [0.1, 0.15) is 0 Å². The molecule has 82 valence electrons. The van der Waals surface area contributed by atoms with E-state index < -0.39 is 6.09 Å². The van der Waals surface area contributed by atoms with Gasteiger partial charge in [0.15, 0.2) is 0 Å². The van der Waals surface area contributed by atoms with E-state index in [0.29, 0.717) is 10.7 Å². The number of benzene rings is 1. The first-order valence-electron chi connectivity index (χ1n) is 4.46. The van der Waals surface area contributed by atoms with Crippen molar-refractivity contribution in [2.75, 3.05) is 5.73 Å². The molecule has 0 saturated heterocycles. The first-order valence-corrected chi connectivity index (χ1v) is 5.27. The van der Waals surface area contributed by atoms with Crippen LogP contribution in [0.3, 0.4) is 0 Å². The van der Waals surface area contributed by atoms with Gasteiger partial charge in [0.05, 0.1) is 0 Å². The lowest BCUT2D eigenvalue weighted by Crippen LogP contribution is -2.15. The predicted octanol–water partition coefficient (Wildman–Crippen LogP) is 1.85. The molecule has 0 radical (unpaired) electrons. The minimum Gasteiger partial charge on any atom is -0.389 e. The summed E-state index contributed by atoms with van der Waals surface area (Å²) in [6.07, 6.45) is -0.895. The number of nitrogens with zero attached hydrogens (tertiary/aromatic N) is 1. The maximum atomic E-state index is 10.6. The minimum absolute atomic E-state index is 0.156. The molecule has 0 saturated carbocycles. The highest BCUT2D eigenvalue weighted by Crippen LogP contribution is 2.34. The van der Waals surface area contributed by atoms with Gasteiger partial charge in [-0.25, -0.2) is 9.78 Å². The molecule has 5 nitrogen and oxygen atoms in total. The van der Waals surface area contributed by atoms with E-state index >= 15 is 0 Å². The van der Waals surface area contributed by atoms with E-state index in [0.717, 1.165) is 16.9 Å². The lowest BCUT2D eigenvalue weighted by atomic mass is 10.2. The summed E-state index contributed by atoms with van der Waals surface area (Å²) in [5, 5.41) is 0.645. The minimum atomic E-state index is -0.895. The van der Waals surface area contributed by atoms with Crippen LogP contribution >= 0.6 is 11.3 Å². The Hall–Kier alpha value is -2.08. The van der Waals surface area contributed by atoms with Crippen molar-refractivity contribution < 1.29 is 9.53 Å². The number of amides is 1. The van der Waals surface area contributed by atoms with Crippen LogP contribution in [0, 0.1) is 0 Å². The lowest BCUT2D eigenvalue weighted by Gasteiger charge is -1.96. The smallest absolute Gasteiger partial charge is 0.389 e. The van der Waals surface area contributed by atoms with E-state index in [1.807, 2.05) is 30.3 Å². The first kappa shape index (κ1) is 10.4. The summed E-state index contributed by atoms with van der Waals surface area (Å²) >= 11 is 1.08. The van der Waals surface area contributed by atoms with E-state index in [9.17, 15) is 4.79 Å². The third-order valence-corrected chi connectivity index (χ3v) is 2.63. The average Bonchev–Trinajstić information content (AvgIpc) is 2.60. The highest BCUT2D eigenvalue weighted by molar-refractivity contribution is 7.17. The van der Waals surface area contributed by atoms with Crippen molar-refractivity contribution in [3.05, 3.63) is 30.3 Å². The topological polar surface area (TPSA) is 91.2 Å². The number of aromatic nitrogens is 1. The molecule has 0 atom stereocenters. The van der Waals surface area contributed by atoms with Gasteiger partial charge in [-0.1, -0.05) is 41.7 Å². The Morgan fingerprint density at radius 2 is 2.00 bits per heavy atom. The maximum absolute atomic E-state index is 10.6. The van der Waals surface area contributed by atoms with Gasteiger partial charge in [0, 0.05) is 5.56 Å². The molecule has 16 heavy (non-hydrogen) atoms. The number of carbonyl (C=O) groups excluding carboxylic acids is 1. The van der Waals surface area contributed by atoms with Crippen molar-refractivity contribution in [2.45, 2.75) is 0 Å². The zero-order valence-electron chi connectivity index (χ0n) is 8.21. The lowest BCUT2D eigenvalue weighted by molar-refractivity contribution is 0.210. The molecule has 0 fully saturated rings. The fourth-order valence-electron chi connectivity index (χ4n) is 1.24. The summed E-state index contributed by atoms with van der Waals surface area (Å²) in [7, 11) is 0. The van der Waals surface area contributed by atoms with Crippen molar-refractivity contribution in [2.24, 2.45) is 5.73 Å². The first-order chi connectivity index (χ1) is 7.66. The summed E-state index contributed by atoms with van der Waals surface area (Å²) in [6.45, 7) is 0. The number of carbonyl (C=O) groups is 1. The molecule has 0 unspecified atom stereocenters. The molecule has 0 aliphatic heterocycles. The fourth-order valence-corrected chi connectivity index (χ4v) is 1.95. The SMILES string of the molecule is NC(=O)Oc1nc(-c2ccccc2)c(N)s1. The van der Waals surface area contributed by atoms with Crippen LogP contribution in [0.4, 0.5) is 9.80 Å². The van der Waals surface area contributed by atoms with Gasteiger partial charge in [-0.3, -0.25) is 0 Å². The number of hydrogen-bond acceptors (Lipinski definition) is 5. The van der Waals surface area contributed by atoms with Crippen molar-refractivity contribution in [3.8, 4) is 16.5 Å². The molecule has 0 aliphatic rings. The maximum Gasteiger partial charge on any atom is 0.411 e. The number of nitrogens with two attached hydrogens (primary N) is 2. The number of hydrogen-bond donors (Lipinski definition) is 2. The Kier molecular flexibility index (Phi) is 2.74. The van der Waals surface area contributed by atoms with E-state index in [2.05, 4.69) is 9.72 Å². The number of anilines is 1. The standard InChI is InChI=1S/C10H9N3O2S/c11-8-7(6-4-2-1-3-5-6)13-10(16-8)15-9(12)14/h1-5H,11H2,(H2,12,14). The van der Waals surface area contributed by atoms with Crippen LogP contribution in [0.15, 0.2) is 30.3 Å². The van der Waals surface area contributed by atoms with Crippen molar-refractivity contribution in [3.63, 3.8) is 0 Å². The Morgan fingerprint density at radius 1 is 1.31 bits per heavy atom. The van der Waals surface area contributed by atoms with Crippen LogP contribution in [-0.4, -0.2) is 11.1 Å². The molecule has 1 aromatic heterocycles. The molecule has 0 spiro atoms. The van der Waals surface area contributed by atoms with Gasteiger partial charge in [-0.15, -0.1) is 0 Å². The van der Waals surface area contributed by atoms with Crippen molar-refractivity contribution in [1.29, 1.82) is 0 Å². The second kappa shape index (κ2) is 4.19. The summed E-state index contributed by atoms with van der Waals surface area (Å²) in [6, 6.07) is 9.40.